The van der Waals surface area contributed by atoms with Crippen molar-refractivity contribution < 1.29 is 0 Å². The van der Waals surface area contributed by atoms with Gasteiger partial charge < -0.3 is 0 Å². The normalized spacial score (nSPS) is 13.8. The zero-order chi connectivity index (χ0) is 40.0. The summed E-state index contributed by atoms with van der Waals surface area (Å²) in [6.07, 6.45) is 6.06. The van der Waals surface area contributed by atoms with Crippen LogP contribution >= 0.6 is 0 Å². The van der Waals surface area contributed by atoms with Crippen molar-refractivity contribution in [3.63, 3.8) is 0 Å². The van der Waals surface area contributed by atoms with E-state index in [1.165, 1.54) is 80.1 Å². The zero-order valence-corrected chi connectivity index (χ0v) is 33.3. The Labute approximate surface area is 351 Å². The van der Waals surface area contributed by atoms with Gasteiger partial charge in [0, 0.05) is 22.1 Å². The molecule has 0 bridgehead atoms. The summed E-state index contributed by atoms with van der Waals surface area (Å²) in [5, 5.41) is 12.4. The third-order valence-electron chi connectivity index (χ3n) is 13.0. The molecule has 0 unspecified atom stereocenters. The number of fused-ring (bicyclic) bond motifs is 6. The highest BCUT2D eigenvalue weighted by atomic mass is 14.9. The molecule has 2 aliphatic carbocycles. The fourth-order valence-corrected chi connectivity index (χ4v) is 10.1. The Morgan fingerprint density at radius 2 is 0.967 bits per heavy atom. The Morgan fingerprint density at radius 1 is 0.400 bits per heavy atom. The molecule has 11 rings (SSSR count). The number of nitriles is 1. The highest BCUT2D eigenvalue weighted by Gasteiger charge is 2.44. The van der Waals surface area contributed by atoms with E-state index < -0.39 is 0 Å². The molecule has 0 atom stereocenters. The molecule has 3 heteroatoms. The summed E-state index contributed by atoms with van der Waals surface area (Å²) in [4.78, 5) is 10.2. The molecule has 1 fully saturated rings. The summed E-state index contributed by atoms with van der Waals surface area (Å²) in [7, 11) is 0. The molecular formula is C57H41N3. The third-order valence-corrected chi connectivity index (χ3v) is 13.0. The van der Waals surface area contributed by atoms with Gasteiger partial charge in [-0.25, -0.2) is 9.97 Å². The monoisotopic (exact) mass is 767 g/mol. The van der Waals surface area contributed by atoms with E-state index in [1.54, 1.807) is 0 Å². The van der Waals surface area contributed by atoms with E-state index in [4.69, 9.17) is 9.97 Å². The van der Waals surface area contributed by atoms with Gasteiger partial charge in [0.25, 0.3) is 0 Å². The van der Waals surface area contributed by atoms with Gasteiger partial charge in [-0.05, 0) is 97.4 Å². The average Bonchev–Trinajstić information content (AvgIpc) is 3.59. The van der Waals surface area contributed by atoms with E-state index in [-0.39, 0.29) is 5.41 Å². The summed E-state index contributed by atoms with van der Waals surface area (Å²) >= 11 is 0. The lowest BCUT2D eigenvalue weighted by molar-refractivity contribution is 0.353. The maximum atomic E-state index is 9.97. The Balaban J connectivity index is 0.984. The molecule has 0 saturated heterocycles. The first kappa shape index (κ1) is 35.7. The first-order valence-electron chi connectivity index (χ1n) is 21.1. The van der Waals surface area contributed by atoms with Crippen molar-refractivity contribution in [2.75, 3.05) is 0 Å². The number of hydrogen-bond donors (Lipinski definition) is 0. The first-order valence-corrected chi connectivity index (χ1v) is 21.1. The quantitative estimate of drug-likeness (QED) is 0.169. The summed E-state index contributed by atoms with van der Waals surface area (Å²) in [5.74, 6) is 0.703. The van der Waals surface area contributed by atoms with Crippen LogP contribution in [0, 0.1) is 11.3 Å². The van der Waals surface area contributed by atoms with E-state index in [2.05, 4.69) is 164 Å². The van der Waals surface area contributed by atoms with Crippen molar-refractivity contribution in [3.05, 3.63) is 205 Å². The Hall–Kier alpha value is -7.41. The maximum Gasteiger partial charge on any atom is 0.160 e. The first-order chi connectivity index (χ1) is 29.7. The van der Waals surface area contributed by atoms with Crippen LogP contribution in [0.1, 0.15) is 48.8 Å². The summed E-state index contributed by atoms with van der Waals surface area (Å²) in [6, 6.07) is 69.4. The van der Waals surface area contributed by atoms with Crippen LogP contribution in [0.15, 0.2) is 188 Å². The maximum absolute atomic E-state index is 9.97. The molecule has 2 aliphatic rings. The van der Waals surface area contributed by atoms with Crippen LogP contribution in [-0.2, 0) is 5.41 Å². The average molecular weight is 768 g/mol. The summed E-state index contributed by atoms with van der Waals surface area (Å²) in [5.41, 5.74) is 18.1. The largest absolute Gasteiger partial charge is 0.228 e. The number of benzene rings is 8. The molecule has 0 aliphatic heterocycles. The van der Waals surface area contributed by atoms with Crippen LogP contribution in [0.4, 0.5) is 0 Å². The lowest BCUT2D eigenvalue weighted by atomic mass is 9.67. The number of aromatic nitrogens is 2. The smallest absolute Gasteiger partial charge is 0.160 e. The fourth-order valence-electron chi connectivity index (χ4n) is 10.1. The predicted molar refractivity (Wildman–Crippen MR) is 246 cm³/mol. The molecule has 0 amide bonds. The number of nitrogens with zero attached hydrogens (tertiary/aromatic N) is 3. The van der Waals surface area contributed by atoms with Crippen LogP contribution in [0.5, 0.6) is 0 Å². The lowest BCUT2D eigenvalue weighted by Gasteiger charge is -2.36. The third kappa shape index (κ3) is 6.03. The summed E-state index contributed by atoms with van der Waals surface area (Å²) in [6.45, 7) is 0. The summed E-state index contributed by atoms with van der Waals surface area (Å²) < 4.78 is 0. The highest BCUT2D eigenvalue weighted by Crippen LogP contribution is 2.58. The minimum absolute atomic E-state index is 0.0176. The van der Waals surface area contributed by atoms with Gasteiger partial charge in [-0.15, -0.1) is 0 Å². The van der Waals surface area contributed by atoms with Gasteiger partial charge in [-0.3, -0.25) is 0 Å². The molecule has 8 aromatic carbocycles. The molecule has 1 heterocycles. The molecule has 3 nitrogen and oxygen atoms in total. The van der Waals surface area contributed by atoms with Crippen molar-refractivity contribution in [1.29, 1.82) is 5.26 Å². The van der Waals surface area contributed by atoms with Crippen LogP contribution in [0.3, 0.4) is 0 Å². The van der Waals surface area contributed by atoms with E-state index in [0.29, 0.717) is 5.82 Å². The standard InChI is InChI=1S/C57H41N3/c58-37-38-21-32-51-50(35-38)55-49(19-12-20-52(55)57(51)33-10-3-11-34-57)48-31-30-45(46-17-8-9-18-47(46)48)41-24-28-43(29-25-41)54-36-53(59-56(60-54)44-15-6-2-7-16-44)42-26-22-40(23-27-42)39-13-4-1-5-14-39/h1-2,4-9,12-32,35-36H,3,10-11,33-34H2. The number of hydrogen-bond acceptors (Lipinski definition) is 3. The molecule has 1 aromatic heterocycles. The highest BCUT2D eigenvalue weighted by molar-refractivity contribution is 6.08. The molecule has 60 heavy (non-hydrogen) atoms. The van der Waals surface area contributed by atoms with Crippen molar-refractivity contribution in [2.45, 2.75) is 37.5 Å². The molecule has 9 aromatic rings. The molecule has 284 valence electrons. The molecule has 1 saturated carbocycles. The van der Waals surface area contributed by atoms with Crippen LogP contribution in [-0.4, -0.2) is 9.97 Å². The molecule has 0 N–H and O–H groups in total. The lowest BCUT2D eigenvalue weighted by Crippen LogP contribution is -2.28. The minimum atomic E-state index is 0.0176. The van der Waals surface area contributed by atoms with Gasteiger partial charge >= 0.3 is 0 Å². The second kappa shape index (κ2) is 14.8. The Bertz CT molecular complexity index is 3100. The van der Waals surface area contributed by atoms with Crippen molar-refractivity contribution in [3.8, 4) is 84.5 Å². The van der Waals surface area contributed by atoms with Crippen LogP contribution < -0.4 is 0 Å². The van der Waals surface area contributed by atoms with Gasteiger partial charge in [0.05, 0.1) is 23.0 Å². The van der Waals surface area contributed by atoms with Gasteiger partial charge in [0.2, 0.25) is 0 Å². The Morgan fingerprint density at radius 3 is 1.63 bits per heavy atom. The van der Waals surface area contributed by atoms with E-state index >= 15 is 0 Å². The van der Waals surface area contributed by atoms with E-state index in [0.717, 1.165) is 52.0 Å². The van der Waals surface area contributed by atoms with Crippen molar-refractivity contribution in [1.82, 2.24) is 9.97 Å². The van der Waals surface area contributed by atoms with E-state index in [9.17, 15) is 5.26 Å². The van der Waals surface area contributed by atoms with Gasteiger partial charge in [-0.2, -0.15) is 5.26 Å². The molecular weight excluding hydrogens is 727 g/mol. The van der Waals surface area contributed by atoms with Crippen LogP contribution in [0.2, 0.25) is 0 Å². The predicted octanol–water partition coefficient (Wildman–Crippen LogP) is 14.7. The van der Waals surface area contributed by atoms with Crippen molar-refractivity contribution >= 4 is 10.8 Å². The van der Waals surface area contributed by atoms with Gasteiger partial charge in [0.1, 0.15) is 0 Å². The second-order valence-electron chi connectivity index (χ2n) is 16.3. The topological polar surface area (TPSA) is 49.6 Å². The van der Waals surface area contributed by atoms with Crippen molar-refractivity contribution in [2.24, 2.45) is 0 Å². The minimum Gasteiger partial charge on any atom is -0.228 e. The van der Waals surface area contributed by atoms with E-state index in [1.807, 2.05) is 30.3 Å². The SMILES string of the molecule is N#Cc1ccc2c(c1)-c1c(-c3ccc(-c4ccc(-c5cc(-c6ccc(-c7ccccc7)cc6)nc(-c6ccccc6)n5)cc4)c4ccccc34)cccc1C21CCCCC1. The van der Waals surface area contributed by atoms with Crippen LogP contribution in [0.25, 0.3) is 89.2 Å². The Kier molecular flexibility index (Phi) is 8.79. The molecule has 0 radical (unpaired) electrons. The van der Waals surface area contributed by atoms with Gasteiger partial charge in [0.15, 0.2) is 5.82 Å². The second-order valence-corrected chi connectivity index (χ2v) is 16.3. The zero-order valence-electron chi connectivity index (χ0n) is 33.3. The molecule has 1 spiro atoms. The number of rotatable bonds is 6. The van der Waals surface area contributed by atoms with Gasteiger partial charge in [-0.1, -0.05) is 189 Å². The fraction of sp³-hybridized carbons (Fsp3) is 0.105.